The van der Waals surface area contributed by atoms with Crippen molar-refractivity contribution in [2.75, 3.05) is 0 Å². The van der Waals surface area contributed by atoms with Gasteiger partial charge in [0.25, 0.3) is 0 Å². The first-order valence-electron chi connectivity index (χ1n) is 3.35. The van der Waals surface area contributed by atoms with E-state index in [-0.39, 0.29) is 0 Å². The molecule has 2 N–H and O–H groups in total. The Morgan fingerprint density at radius 2 is 2.00 bits per heavy atom. The lowest BCUT2D eigenvalue weighted by Gasteiger charge is -2.15. The van der Waals surface area contributed by atoms with Crippen LogP contribution in [-0.4, -0.2) is 11.2 Å². The zero-order valence-corrected chi connectivity index (χ0v) is 6.35. The second kappa shape index (κ2) is 3.29. The van der Waals surface area contributed by atoms with Crippen molar-refractivity contribution in [1.82, 2.24) is 4.98 Å². The minimum Gasteiger partial charge on any atom is -0.316 e. The van der Waals surface area contributed by atoms with E-state index in [1.165, 1.54) is 6.07 Å². The van der Waals surface area contributed by atoms with Crippen LogP contribution in [0.5, 0.6) is 0 Å². The molecule has 1 atom stereocenters. The monoisotopic (exact) mass is 194 g/mol. The van der Waals surface area contributed by atoms with E-state index in [4.69, 9.17) is 5.73 Å². The molecule has 13 heavy (non-hydrogen) atoms. The van der Waals surface area contributed by atoms with Gasteiger partial charge >= 0.3 is 6.18 Å². The summed E-state index contributed by atoms with van der Waals surface area (Å²) in [5.41, 5.74) is 4.12. The molecule has 1 aromatic heterocycles. The van der Waals surface area contributed by atoms with Gasteiger partial charge in [0, 0.05) is 11.8 Å². The molecular weight excluding hydrogens is 188 g/mol. The molecule has 0 saturated carbocycles. The Morgan fingerprint density at radius 1 is 1.38 bits per heavy atom. The summed E-state index contributed by atoms with van der Waals surface area (Å²) in [6.45, 7) is 0. The van der Waals surface area contributed by atoms with Crippen LogP contribution in [0.15, 0.2) is 18.3 Å². The quantitative estimate of drug-likeness (QED) is 0.546. The summed E-state index contributed by atoms with van der Waals surface area (Å²) in [5, 5.41) is 0. The summed E-state index contributed by atoms with van der Waals surface area (Å²) in [5.74, 6) is -1.19. The summed E-state index contributed by atoms with van der Waals surface area (Å²) in [6.07, 6.45) is -3.59. The van der Waals surface area contributed by atoms with Gasteiger partial charge in [-0.15, -0.1) is 0 Å². The number of hydrogen-bond donors (Lipinski definition) is 1. The van der Waals surface area contributed by atoms with Crippen molar-refractivity contribution in [3.63, 3.8) is 0 Å². The summed E-state index contributed by atoms with van der Waals surface area (Å²) in [4.78, 5) is 3.07. The third-order valence-corrected chi connectivity index (χ3v) is 1.48. The molecule has 0 aromatic carbocycles. The van der Waals surface area contributed by atoms with E-state index in [9.17, 15) is 17.6 Å². The highest BCUT2D eigenvalue weighted by molar-refractivity contribution is 5.16. The highest BCUT2D eigenvalue weighted by Gasteiger charge is 2.39. The van der Waals surface area contributed by atoms with E-state index in [0.717, 1.165) is 12.3 Å². The highest BCUT2D eigenvalue weighted by Crippen LogP contribution is 2.30. The van der Waals surface area contributed by atoms with Crippen LogP contribution in [0.4, 0.5) is 17.6 Å². The van der Waals surface area contributed by atoms with Gasteiger partial charge in [-0.1, -0.05) is 6.07 Å². The lowest BCUT2D eigenvalue weighted by molar-refractivity contribution is -0.149. The molecule has 0 amide bonds. The Morgan fingerprint density at radius 3 is 2.46 bits per heavy atom. The van der Waals surface area contributed by atoms with Gasteiger partial charge in [0.2, 0.25) is 5.95 Å². The molecular formula is C7H6F4N2. The molecule has 1 unspecified atom stereocenters. The predicted molar refractivity (Wildman–Crippen MR) is 37.2 cm³/mol. The van der Waals surface area contributed by atoms with E-state index < -0.39 is 23.7 Å². The molecule has 1 rings (SSSR count). The first-order valence-corrected chi connectivity index (χ1v) is 3.35. The lowest BCUT2D eigenvalue weighted by Crippen LogP contribution is -2.29. The lowest BCUT2D eigenvalue weighted by atomic mass is 10.1. The summed E-state index contributed by atoms with van der Waals surface area (Å²) < 4.78 is 48.7. The van der Waals surface area contributed by atoms with E-state index in [2.05, 4.69) is 4.98 Å². The van der Waals surface area contributed by atoms with Gasteiger partial charge in [0.1, 0.15) is 6.04 Å². The third kappa shape index (κ3) is 2.15. The topological polar surface area (TPSA) is 38.9 Å². The van der Waals surface area contributed by atoms with Crippen LogP contribution in [0.3, 0.4) is 0 Å². The third-order valence-electron chi connectivity index (χ3n) is 1.48. The van der Waals surface area contributed by atoms with Gasteiger partial charge in [-0.2, -0.15) is 17.6 Å². The molecule has 0 aliphatic rings. The number of hydrogen-bond acceptors (Lipinski definition) is 2. The Bertz CT molecular complexity index is 297. The fourth-order valence-electron chi connectivity index (χ4n) is 0.807. The Labute approximate surface area is 71.4 Å². The van der Waals surface area contributed by atoms with Crippen molar-refractivity contribution in [3.8, 4) is 0 Å². The smallest absolute Gasteiger partial charge is 0.316 e. The van der Waals surface area contributed by atoms with E-state index in [0.29, 0.717) is 0 Å². The summed E-state index contributed by atoms with van der Waals surface area (Å²) in [7, 11) is 0. The summed E-state index contributed by atoms with van der Waals surface area (Å²) >= 11 is 0. The fraction of sp³-hybridized carbons (Fsp3) is 0.286. The molecule has 1 aromatic rings. The van der Waals surface area contributed by atoms with Crippen molar-refractivity contribution >= 4 is 0 Å². The van der Waals surface area contributed by atoms with Gasteiger partial charge in [-0.05, 0) is 6.07 Å². The van der Waals surface area contributed by atoms with Crippen LogP contribution in [-0.2, 0) is 0 Å². The molecule has 0 aliphatic heterocycles. The molecule has 0 radical (unpaired) electrons. The molecule has 0 saturated heterocycles. The van der Waals surface area contributed by atoms with Crippen molar-refractivity contribution in [1.29, 1.82) is 0 Å². The number of halogens is 4. The summed E-state index contributed by atoms with van der Waals surface area (Å²) in [6, 6.07) is -0.161. The van der Waals surface area contributed by atoms with Gasteiger partial charge in [-0.25, -0.2) is 4.98 Å². The molecule has 0 bridgehead atoms. The standard InChI is InChI=1S/C7H6F4N2/c8-6-4(2-1-3-13-6)5(12)7(9,10)11/h1-3,5H,12H2. The van der Waals surface area contributed by atoms with Crippen LogP contribution in [0.25, 0.3) is 0 Å². The predicted octanol–water partition coefficient (Wildman–Crippen LogP) is 1.78. The van der Waals surface area contributed by atoms with E-state index >= 15 is 0 Å². The SMILES string of the molecule is NC(c1cccnc1F)C(F)(F)F. The molecule has 72 valence electrons. The number of rotatable bonds is 1. The number of nitrogens with two attached hydrogens (primary N) is 1. The minimum atomic E-state index is -4.65. The van der Waals surface area contributed by atoms with Crippen LogP contribution in [0.2, 0.25) is 0 Å². The Balaban J connectivity index is 3.02. The second-order valence-electron chi connectivity index (χ2n) is 2.40. The van der Waals surface area contributed by atoms with Crippen LogP contribution in [0.1, 0.15) is 11.6 Å². The Hall–Kier alpha value is -1.17. The van der Waals surface area contributed by atoms with Gasteiger partial charge in [0.15, 0.2) is 0 Å². The first-order chi connectivity index (χ1) is 5.93. The normalized spacial score (nSPS) is 14.2. The highest BCUT2D eigenvalue weighted by atomic mass is 19.4. The second-order valence-corrected chi connectivity index (χ2v) is 2.40. The number of aromatic nitrogens is 1. The van der Waals surface area contributed by atoms with Gasteiger partial charge in [0.05, 0.1) is 0 Å². The molecule has 2 nitrogen and oxygen atoms in total. The zero-order valence-electron chi connectivity index (χ0n) is 6.35. The van der Waals surface area contributed by atoms with Crippen molar-refractivity contribution in [2.45, 2.75) is 12.2 Å². The maximum atomic E-state index is 12.7. The van der Waals surface area contributed by atoms with Gasteiger partial charge < -0.3 is 5.73 Å². The van der Waals surface area contributed by atoms with Crippen LogP contribution in [0, 0.1) is 5.95 Å². The number of pyridine rings is 1. The average Bonchev–Trinajstić information content (AvgIpc) is 2.02. The van der Waals surface area contributed by atoms with Crippen LogP contribution >= 0.6 is 0 Å². The fourth-order valence-corrected chi connectivity index (χ4v) is 0.807. The van der Waals surface area contributed by atoms with Crippen molar-refractivity contribution < 1.29 is 17.6 Å². The minimum absolute atomic E-state index is 0.644. The van der Waals surface area contributed by atoms with Crippen molar-refractivity contribution in [3.05, 3.63) is 29.8 Å². The van der Waals surface area contributed by atoms with Crippen LogP contribution < -0.4 is 5.73 Å². The first kappa shape index (κ1) is 9.91. The molecule has 6 heteroatoms. The molecule has 0 spiro atoms. The van der Waals surface area contributed by atoms with Gasteiger partial charge in [-0.3, -0.25) is 0 Å². The van der Waals surface area contributed by atoms with Crippen molar-refractivity contribution in [2.24, 2.45) is 5.73 Å². The number of alkyl halides is 3. The number of nitrogens with zero attached hydrogens (tertiary/aromatic N) is 1. The van der Waals surface area contributed by atoms with E-state index in [1.54, 1.807) is 0 Å². The zero-order chi connectivity index (χ0) is 10.1. The molecule has 1 heterocycles. The average molecular weight is 194 g/mol. The Kier molecular flexibility index (Phi) is 2.51. The van der Waals surface area contributed by atoms with E-state index in [1.807, 2.05) is 0 Å². The maximum absolute atomic E-state index is 12.7. The molecule has 0 fully saturated rings. The largest absolute Gasteiger partial charge is 0.407 e. The maximum Gasteiger partial charge on any atom is 0.407 e. The molecule has 0 aliphatic carbocycles.